The van der Waals surface area contributed by atoms with Gasteiger partial charge in [0.25, 0.3) is 0 Å². The first kappa shape index (κ1) is 29.8. The molecule has 0 spiro atoms. The van der Waals surface area contributed by atoms with Crippen molar-refractivity contribution in [3.63, 3.8) is 0 Å². The van der Waals surface area contributed by atoms with E-state index in [0.717, 1.165) is 67.4 Å². The molecule has 1 aliphatic heterocycles. The molecule has 0 saturated heterocycles. The molecule has 3 heterocycles. The van der Waals surface area contributed by atoms with Gasteiger partial charge in [0.15, 0.2) is 5.82 Å². The molecule has 0 radical (unpaired) electrons. The van der Waals surface area contributed by atoms with Gasteiger partial charge in [0.1, 0.15) is 0 Å². The Morgan fingerprint density at radius 2 is 1.02 bits per heavy atom. The molecule has 244 valence electrons. The van der Waals surface area contributed by atoms with E-state index in [-0.39, 0.29) is 0 Å². The van der Waals surface area contributed by atoms with Crippen molar-refractivity contribution in [3.05, 3.63) is 193 Å². The third kappa shape index (κ3) is 5.00. The van der Waals surface area contributed by atoms with Crippen LogP contribution in [0.3, 0.4) is 0 Å². The minimum atomic E-state index is 0.702. The summed E-state index contributed by atoms with van der Waals surface area (Å²) in [6.07, 6.45) is 4.49. The lowest BCUT2D eigenvalue weighted by atomic mass is 10.0. The van der Waals surface area contributed by atoms with Crippen LogP contribution in [0, 0.1) is 0 Å². The number of hydrogen-bond donors (Lipinski definition) is 0. The van der Waals surface area contributed by atoms with Crippen molar-refractivity contribution >= 4 is 51.0 Å². The van der Waals surface area contributed by atoms with Gasteiger partial charge in [0, 0.05) is 44.4 Å². The van der Waals surface area contributed by atoms with E-state index in [4.69, 9.17) is 9.97 Å². The number of para-hydroxylation sites is 3. The summed E-state index contributed by atoms with van der Waals surface area (Å²) in [6, 6.07) is 64.1. The molecule has 0 fully saturated rings. The monoisotopic (exact) mass is 664 g/mol. The molecule has 7 aromatic carbocycles. The van der Waals surface area contributed by atoms with Crippen molar-refractivity contribution in [3.8, 4) is 39.6 Å². The van der Waals surface area contributed by atoms with Gasteiger partial charge in [0.05, 0.1) is 33.8 Å². The number of anilines is 3. The molecule has 0 amide bonds. The third-order valence-corrected chi connectivity index (χ3v) is 9.93. The summed E-state index contributed by atoms with van der Waals surface area (Å²) in [5, 5.41) is 2.41. The Bertz CT molecular complexity index is 2730. The summed E-state index contributed by atoms with van der Waals surface area (Å²) in [7, 11) is 0. The summed E-state index contributed by atoms with van der Waals surface area (Å²) in [5.74, 6) is 0.702. The van der Waals surface area contributed by atoms with Crippen LogP contribution < -0.4 is 4.90 Å². The van der Waals surface area contributed by atoms with Crippen molar-refractivity contribution in [2.45, 2.75) is 0 Å². The van der Waals surface area contributed by atoms with Gasteiger partial charge in [0.2, 0.25) is 0 Å². The van der Waals surface area contributed by atoms with Gasteiger partial charge in [-0.2, -0.15) is 0 Å². The summed E-state index contributed by atoms with van der Waals surface area (Å²) in [6.45, 7) is 0. The lowest BCUT2D eigenvalue weighted by molar-refractivity contribution is 1.16. The average Bonchev–Trinajstić information content (AvgIpc) is 3.46. The molecule has 0 saturated carbocycles. The number of aromatic nitrogens is 3. The number of hydrogen-bond acceptors (Lipinski definition) is 3. The van der Waals surface area contributed by atoms with Crippen LogP contribution in [-0.4, -0.2) is 14.5 Å². The standard InChI is InChI=1S/C48H32N4/c1-4-15-33(16-5-1)42-32-43(50-48(49-42)36-18-6-2-7-19-36)37-20-14-23-39(31-37)52-45-26-13-11-24-40(45)41-30-29-35-28-27-34-17-10-12-25-44(34)51(46(35)47(41)52)38-21-8-3-9-22-38/h1-32H. The Morgan fingerprint density at radius 3 is 1.83 bits per heavy atom. The highest BCUT2D eigenvalue weighted by atomic mass is 15.2. The van der Waals surface area contributed by atoms with Crippen LogP contribution in [0.4, 0.5) is 17.1 Å². The third-order valence-electron chi connectivity index (χ3n) is 9.93. The lowest BCUT2D eigenvalue weighted by Crippen LogP contribution is -2.13. The highest BCUT2D eigenvalue weighted by Gasteiger charge is 2.26. The summed E-state index contributed by atoms with van der Waals surface area (Å²) < 4.78 is 2.43. The van der Waals surface area contributed by atoms with E-state index in [2.05, 4.69) is 179 Å². The Morgan fingerprint density at radius 1 is 0.404 bits per heavy atom. The zero-order valence-corrected chi connectivity index (χ0v) is 28.3. The zero-order chi connectivity index (χ0) is 34.4. The molecule has 0 bridgehead atoms. The highest BCUT2D eigenvalue weighted by Crippen LogP contribution is 2.48. The maximum Gasteiger partial charge on any atom is 0.160 e. The quantitative estimate of drug-likeness (QED) is 0.184. The first-order valence-electron chi connectivity index (χ1n) is 17.6. The Balaban J connectivity index is 1.24. The molecule has 2 aromatic heterocycles. The van der Waals surface area contributed by atoms with Crippen molar-refractivity contribution in [2.24, 2.45) is 0 Å². The maximum absolute atomic E-state index is 5.17. The average molecular weight is 665 g/mol. The van der Waals surface area contributed by atoms with Gasteiger partial charge in [-0.25, -0.2) is 9.97 Å². The molecular weight excluding hydrogens is 633 g/mol. The van der Waals surface area contributed by atoms with Gasteiger partial charge < -0.3 is 9.47 Å². The first-order chi connectivity index (χ1) is 25.8. The number of rotatable bonds is 5. The van der Waals surface area contributed by atoms with Gasteiger partial charge in [-0.1, -0.05) is 152 Å². The van der Waals surface area contributed by atoms with Gasteiger partial charge in [-0.05, 0) is 48.0 Å². The molecular formula is C48H32N4. The Hall–Kier alpha value is -7.04. The van der Waals surface area contributed by atoms with E-state index in [1.54, 1.807) is 0 Å². The van der Waals surface area contributed by atoms with Gasteiger partial charge in [-0.3, -0.25) is 0 Å². The fourth-order valence-electron chi connectivity index (χ4n) is 7.54. The molecule has 9 aromatic rings. The second-order valence-corrected chi connectivity index (χ2v) is 13.1. The highest BCUT2D eigenvalue weighted by molar-refractivity contribution is 6.17. The Kier molecular flexibility index (Phi) is 7.10. The molecule has 1 aliphatic rings. The molecule has 0 aliphatic carbocycles. The number of nitrogens with zero attached hydrogens (tertiary/aromatic N) is 4. The molecule has 0 unspecified atom stereocenters. The molecule has 52 heavy (non-hydrogen) atoms. The lowest BCUT2D eigenvalue weighted by Gasteiger charge is -2.28. The van der Waals surface area contributed by atoms with Crippen molar-refractivity contribution in [2.75, 3.05) is 4.90 Å². The fraction of sp³-hybridized carbons (Fsp3) is 0. The van der Waals surface area contributed by atoms with Crippen molar-refractivity contribution in [1.29, 1.82) is 0 Å². The molecule has 0 N–H and O–H groups in total. The van der Waals surface area contributed by atoms with Gasteiger partial charge >= 0.3 is 0 Å². The van der Waals surface area contributed by atoms with E-state index in [1.165, 1.54) is 16.3 Å². The van der Waals surface area contributed by atoms with Crippen LogP contribution in [0.25, 0.3) is 73.5 Å². The predicted molar refractivity (Wildman–Crippen MR) is 216 cm³/mol. The van der Waals surface area contributed by atoms with Gasteiger partial charge in [-0.15, -0.1) is 0 Å². The summed E-state index contributed by atoms with van der Waals surface area (Å²) in [5.41, 5.74) is 13.9. The first-order valence-corrected chi connectivity index (χ1v) is 17.6. The van der Waals surface area contributed by atoms with Crippen molar-refractivity contribution in [1.82, 2.24) is 14.5 Å². The summed E-state index contributed by atoms with van der Waals surface area (Å²) in [4.78, 5) is 12.6. The second-order valence-electron chi connectivity index (χ2n) is 13.1. The van der Waals surface area contributed by atoms with E-state index >= 15 is 0 Å². The SMILES string of the molecule is C1=Cc2ccc3c4ccccc4n(-c4cccc(-c5cc(-c6ccccc6)nc(-c6ccccc6)n5)c4)c3c2N(c2ccccc2)c2ccccc21. The molecule has 4 nitrogen and oxygen atoms in total. The molecule has 4 heteroatoms. The van der Waals surface area contributed by atoms with Crippen LogP contribution in [0.5, 0.6) is 0 Å². The van der Waals surface area contributed by atoms with Crippen LogP contribution >= 0.6 is 0 Å². The van der Waals surface area contributed by atoms with Crippen LogP contribution in [0.2, 0.25) is 0 Å². The van der Waals surface area contributed by atoms with Crippen molar-refractivity contribution < 1.29 is 0 Å². The van der Waals surface area contributed by atoms with E-state index in [1.807, 2.05) is 24.3 Å². The van der Waals surface area contributed by atoms with E-state index in [9.17, 15) is 0 Å². The maximum atomic E-state index is 5.17. The second kappa shape index (κ2) is 12.4. The largest absolute Gasteiger partial charge is 0.307 e. The topological polar surface area (TPSA) is 34.0 Å². The van der Waals surface area contributed by atoms with Crippen LogP contribution in [0.15, 0.2) is 182 Å². The number of benzene rings is 7. The predicted octanol–water partition coefficient (Wildman–Crippen LogP) is 12.5. The molecule has 10 rings (SSSR count). The normalized spacial score (nSPS) is 12.1. The molecule has 0 atom stereocenters. The number of fused-ring (bicyclic) bond motifs is 6. The smallest absolute Gasteiger partial charge is 0.160 e. The zero-order valence-electron chi connectivity index (χ0n) is 28.3. The van der Waals surface area contributed by atoms with E-state index in [0.29, 0.717) is 5.82 Å². The minimum Gasteiger partial charge on any atom is -0.307 e. The fourth-order valence-corrected chi connectivity index (χ4v) is 7.54. The van der Waals surface area contributed by atoms with E-state index < -0.39 is 0 Å². The van der Waals surface area contributed by atoms with Crippen LogP contribution in [-0.2, 0) is 0 Å². The summed E-state index contributed by atoms with van der Waals surface area (Å²) >= 11 is 0. The van der Waals surface area contributed by atoms with Crippen LogP contribution in [0.1, 0.15) is 11.1 Å². The minimum absolute atomic E-state index is 0.702. The Labute approximate surface area is 302 Å².